The molecule has 3 N–H and O–H groups in total. The predicted molar refractivity (Wildman–Crippen MR) is 59.4 cm³/mol. The van der Waals surface area contributed by atoms with Crippen LogP contribution >= 0.6 is 0 Å². The summed E-state index contributed by atoms with van der Waals surface area (Å²) in [5.74, 6) is 0.239. The van der Waals surface area contributed by atoms with E-state index in [0.29, 0.717) is 6.61 Å². The molecule has 88 valence electrons. The maximum Gasteiger partial charge on any atom is 0.223 e. The lowest BCUT2D eigenvalue weighted by Gasteiger charge is -2.26. The van der Waals surface area contributed by atoms with Crippen molar-refractivity contribution in [1.29, 1.82) is 0 Å². The first-order valence-corrected chi connectivity index (χ1v) is 5.68. The summed E-state index contributed by atoms with van der Waals surface area (Å²) >= 11 is 0. The first-order valence-electron chi connectivity index (χ1n) is 5.68. The number of carbonyl (C=O) groups is 1. The lowest BCUT2D eigenvalue weighted by atomic mass is 9.85. The first-order chi connectivity index (χ1) is 7.13. The standard InChI is InChI=1S/C11H22N2O2/c1-8(7-15-2)13-11(14)9-4-3-5-10(12)6-9/h8-10H,3-7,12H2,1-2H3,(H,13,14). The van der Waals surface area contributed by atoms with Gasteiger partial charge in [-0.2, -0.15) is 0 Å². The molecule has 15 heavy (non-hydrogen) atoms. The third-order valence-corrected chi connectivity index (χ3v) is 2.89. The van der Waals surface area contributed by atoms with Crippen molar-refractivity contribution in [2.24, 2.45) is 11.7 Å². The van der Waals surface area contributed by atoms with Gasteiger partial charge < -0.3 is 15.8 Å². The Morgan fingerprint density at radius 3 is 2.93 bits per heavy atom. The lowest BCUT2D eigenvalue weighted by molar-refractivity contribution is -0.127. The van der Waals surface area contributed by atoms with Gasteiger partial charge in [-0.05, 0) is 26.2 Å². The van der Waals surface area contributed by atoms with Crippen LogP contribution in [0.25, 0.3) is 0 Å². The molecule has 3 atom stereocenters. The molecule has 0 radical (unpaired) electrons. The predicted octanol–water partition coefficient (Wildman–Crippen LogP) is 0.655. The largest absolute Gasteiger partial charge is 0.383 e. The van der Waals surface area contributed by atoms with E-state index in [2.05, 4.69) is 5.32 Å². The van der Waals surface area contributed by atoms with Crippen molar-refractivity contribution in [3.05, 3.63) is 0 Å². The second-order valence-corrected chi connectivity index (χ2v) is 4.49. The minimum absolute atomic E-state index is 0.0839. The number of amides is 1. The zero-order valence-corrected chi connectivity index (χ0v) is 9.66. The summed E-state index contributed by atoms with van der Waals surface area (Å²) in [6, 6.07) is 0.285. The van der Waals surface area contributed by atoms with Crippen molar-refractivity contribution >= 4 is 5.91 Å². The number of nitrogens with two attached hydrogens (primary N) is 1. The van der Waals surface area contributed by atoms with Crippen LogP contribution in [0.3, 0.4) is 0 Å². The monoisotopic (exact) mass is 214 g/mol. The van der Waals surface area contributed by atoms with Crippen molar-refractivity contribution in [2.75, 3.05) is 13.7 Å². The highest BCUT2D eigenvalue weighted by Crippen LogP contribution is 2.23. The number of hydrogen-bond acceptors (Lipinski definition) is 3. The second-order valence-electron chi connectivity index (χ2n) is 4.49. The van der Waals surface area contributed by atoms with E-state index in [1.807, 2.05) is 6.92 Å². The fourth-order valence-corrected chi connectivity index (χ4v) is 2.12. The molecule has 1 aliphatic carbocycles. The van der Waals surface area contributed by atoms with Gasteiger partial charge in [0.05, 0.1) is 6.61 Å². The fourth-order valence-electron chi connectivity index (χ4n) is 2.12. The van der Waals surface area contributed by atoms with Gasteiger partial charge in [0, 0.05) is 25.1 Å². The summed E-state index contributed by atoms with van der Waals surface area (Å²) in [5, 5.41) is 2.95. The second kappa shape index (κ2) is 6.08. The van der Waals surface area contributed by atoms with E-state index in [-0.39, 0.29) is 23.9 Å². The first kappa shape index (κ1) is 12.5. The Labute approximate surface area is 91.5 Å². The molecule has 1 saturated carbocycles. The van der Waals surface area contributed by atoms with Crippen LogP contribution in [-0.4, -0.2) is 31.7 Å². The van der Waals surface area contributed by atoms with E-state index in [4.69, 9.17) is 10.5 Å². The van der Waals surface area contributed by atoms with Crippen LogP contribution in [0.4, 0.5) is 0 Å². The molecule has 4 nitrogen and oxygen atoms in total. The molecule has 0 aromatic heterocycles. The Hall–Kier alpha value is -0.610. The summed E-state index contributed by atoms with van der Waals surface area (Å²) in [6.45, 7) is 2.51. The summed E-state index contributed by atoms with van der Waals surface area (Å²) < 4.78 is 4.97. The Kier molecular flexibility index (Phi) is 5.05. The van der Waals surface area contributed by atoms with E-state index >= 15 is 0 Å². The summed E-state index contributed by atoms with van der Waals surface area (Å²) in [5.41, 5.74) is 5.85. The highest BCUT2D eigenvalue weighted by atomic mass is 16.5. The van der Waals surface area contributed by atoms with Crippen LogP contribution in [0.5, 0.6) is 0 Å². The van der Waals surface area contributed by atoms with Crippen LogP contribution in [0.15, 0.2) is 0 Å². The molecule has 0 heterocycles. The molecule has 1 fully saturated rings. The average Bonchev–Trinajstić information content (AvgIpc) is 2.18. The molecule has 0 bridgehead atoms. The number of hydrogen-bond donors (Lipinski definition) is 2. The summed E-state index contributed by atoms with van der Waals surface area (Å²) in [4.78, 5) is 11.8. The van der Waals surface area contributed by atoms with Crippen molar-refractivity contribution < 1.29 is 9.53 Å². The Balaban J connectivity index is 2.32. The fraction of sp³-hybridized carbons (Fsp3) is 0.909. The molecule has 4 heteroatoms. The number of methoxy groups -OCH3 is 1. The zero-order valence-electron chi connectivity index (χ0n) is 9.66. The molecule has 3 unspecified atom stereocenters. The zero-order chi connectivity index (χ0) is 11.3. The summed E-state index contributed by atoms with van der Waals surface area (Å²) in [7, 11) is 1.64. The van der Waals surface area contributed by atoms with Crippen molar-refractivity contribution in [1.82, 2.24) is 5.32 Å². The quantitative estimate of drug-likeness (QED) is 0.722. The topological polar surface area (TPSA) is 64.3 Å². The van der Waals surface area contributed by atoms with Gasteiger partial charge in [-0.25, -0.2) is 0 Å². The van der Waals surface area contributed by atoms with Crippen molar-refractivity contribution in [3.63, 3.8) is 0 Å². The van der Waals surface area contributed by atoms with Gasteiger partial charge in [-0.15, -0.1) is 0 Å². The van der Waals surface area contributed by atoms with Gasteiger partial charge in [0.25, 0.3) is 0 Å². The van der Waals surface area contributed by atoms with Crippen LogP contribution in [0.1, 0.15) is 32.6 Å². The van der Waals surface area contributed by atoms with E-state index in [9.17, 15) is 4.79 Å². The van der Waals surface area contributed by atoms with E-state index < -0.39 is 0 Å². The minimum Gasteiger partial charge on any atom is -0.383 e. The van der Waals surface area contributed by atoms with E-state index in [0.717, 1.165) is 25.7 Å². The molecular formula is C11H22N2O2. The van der Waals surface area contributed by atoms with Gasteiger partial charge in [-0.3, -0.25) is 4.79 Å². The summed E-state index contributed by atoms with van der Waals surface area (Å²) in [6.07, 6.45) is 3.92. The molecule has 0 aromatic rings. The maximum absolute atomic E-state index is 11.8. The van der Waals surface area contributed by atoms with Crippen LogP contribution in [-0.2, 0) is 9.53 Å². The highest BCUT2D eigenvalue weighted by molar-refractivity contribution is 5.79. The van der Waals surface area contributed by atoms with E-state index in [1.165, 1.54) is 0 Å². The lowest BCUT2D eigenvalue weighted by Crippen LogP contribution is -2.42. The number of rotatable bonds is 4. The number of nitrogens with one attached hydrogen (secondary N) is 1. The number of carbonyl (C=O) groups excluding carboxylic acids is 1. The van der Waals surface area contributed by atoms with Gasteiger partial charge >= 0.3 is 0 Å². The Bertz CT molecular complexity index is 209. The number of ether oxygens (including phenoxy) is 1. The van der Waals surface area contributed by atoms with Crippen molar-refractivity contribution in [3.8, 4) is 0 Å². The van der Waals surface area contributed by atoms with E-state index in [1.54, 1.807) is 7.11 Å². The molecule has 0 aromatic carbocycles. The Morgan fingerprint density at radius 1 is 1.60 bits per heavy atom. The molecule has 1 amide bonds. The average molecular weight is 214 g/mol. The smallest absolute Gasteiger partial charge is 0.223 e. The third-order valence-electron chi connectivity index (χ3n) is 2.89. The third kappa shape index (κ3) is 4.18. The Morgan fingerprint density at radius 2 is 2.33 bits per heavy atom. The minimum atomic E-state index is 0.0839. The van der Waals surface area contributed by atoms with Crippen LogP contribution in [0.2, 0.25) is 0 Å². The molecule has 0 aliphatic heterocycles. The molecular weight excluding hydrogens is 192 g/mol. The van der Waals surface area contributed by atoms with Crippen molar-refractivity contribution in [2.45, 2.75) is 44.7 Å². The normalized spacial score (nSPS) is 28.5. The van der Waals surface area contributed by atoms with Gasteiger partial charge in [0.1, 0.15) is 0 Å². The van der Waals surface area contributed by atoms with Crippen LogP contribution < -0.4 is 11.1 Å². The molecule has 1 aliphatic rings. The molecule has 1 rings (SSSR count). The van der Waals surface area contributed by atoms with Gasteiger partial charge in [0.2, 0.25) is 5.91 Å². The molecule has 0 spiro atoms. The van der Waals surface area contributed by atoms with Gasteiger partial charge in [0.15, 0.2) is 0 Å². The maximum atomic E-state index is 11.8. The highest BCUT2D eigenvalue weighted by Gasteiger charge is 2.25. The SMILES string of the molecule is COCC(C)NC(=O)C1CCCC(N)C1. The van der Waals surface area contributed by atoms with Gasteiger partial charge in [-0.1, -0.05) is 6.42 Å². The van der Waals surface area contributed by atoms with Crippen LogP contribution in [0, 0.1) is 5.92 Å². The molecule has 0 saturated heterocycles.